The van der Waals surface area contributed by atoms with Gasteiger partial charge in [-0.1, -0.05) is 0 Å². The van der Waals surface area contributed by atoms with E-state index in [9.17, 15) is 0 Å². The van der Waals surface area contributed by atoms with Crippen molar-refractivity contribution < 1.29 is 0 Å². The van der Waals surface area contributed by atoms with Gasteiger partial charge in [0.05, 0.1) is 0 Å². The predicted molar refractivity (Wildman–Crippen MR) is 56.7 cm³/mol. The maximum atomic E-state index is 3.97. The van der Waals surface area contributed by atoms with Gasteiger partial charge in [-0.15, -0.1) is 0 Å². The van der Waals surface area contributed by atoms with Gasteiger partial charge in [-0.2, -0.15) is 0 Å². The van der Waals surface area contributed by atoms with E-state index < -0.39 is 0 Å². The first-order valence-corrected chi connectivity index (χ1v) is 4.05. The Morgan fingerprint density at radius 3 is 2.30 bits per heavy atom. The first-order valence-electron chi connectivity index (χ1n) is 4.05. The Hall–Kier alpha value is -0.0652. The molecule has 0 aliphatic rings. The van der Waals surface area contributed by atoms with Gasteiger partial charge in [-0.3, -0.25) is 0 Å². The van der Waals surface area contributed by atoms with Crippen molar-refractivity contribution in [1.29, 1.82) is 0 Å². The molecule has 0 heterocycles. The van der Waals surface area contributed by atoms with Crippen molar-refractivity contribution >= 4 is 33.0 Å². The Morgan fingerprint density at radius 1 is 1.40 bits per heavy atom. The molecule has 0 radical (unpaired) electrons. The molecular formula is C7H15B3. The fourth-order valence-corrected chi connectivity index (χ4v) is 0.877. The Labute approximate surface area is 66.8 Å². The van der Waals surface area contributed by atoms with E-state index in [1.165, 1.54) is 10.9 Å². The second-order valence-electron chi connectivity index (χ2n) is 2.58. The van der Waals surface area contributed by atoms with Crippen LogP contribution in [0.15, 0.2) is 0 Å². The van der Waals surface area contributed by atoms with Crippen LogP contribution in [0, 0.1) is 0 Å². The van der Waals surface area contributed by atoms with Crippen LogP contribution in [0.3, 0.4) is 0 Å². The summed E-state index contributed by atoms with van der Waals surface area (Å²) in [6, 6.07) is 0. The van der Waals surface area contributed by atoms with E-state index >= 15 is 0 Å². The molecule has 0 bridgehead atoms. The summed E-state index contributed by atoms with van der Waals surface area (Å²) in [6.45, 7) is 6.55. The monoisotopic (exact) mass is 132 g/mol. The van der Waals surface area contributed by atoms with Crippen molar-refractivity contribution in [3.63, 3.8) is 0 Å². The van der Waals surface area contributed by atoms with Gasteiger partial charge >= 0.3 is 66.1 Å². The molecule has 0 aliphatic carbocycles. The van der Waals surface area contributed by atoms with Crippen molar-refractivity contribution in [2.75, 3.05) is 0 Å². The summed E-state index contributed by atoms with van der Waals surface area (Å²) in [5.74, 6) is 0. The molecule has 52 valence electrons. The second-order valence-corrected chi connectivity index (χ2v) is 2.58. The first kappa shape index (κ1) is 9.93. The predicted octanol–water partition coefficient (Wildman–Crippen LogP) is -0.306. The van der Waals surface area contributed by atoms with Crippen molar-refractivity contribution in [2.24, 2.45) is 0 Å². The fraction of sp³-hybridized carbons (Fsp3) is 0.714. The molecule has 0 spiro atoms. The molecule has 0 aromatic carbocycles. The Bertz CT molecular complexity index is 138. The summed E-state index contributed by atoms with van der Waals surface area (Å²) in [5, 5.41) is 0. The molecule has 0 saturated heterocycles. The Morgan fingerprint density at radius 2 is 2.00 bits per heavy atom. The molecule has 10 heavy (non-hydrogen) atoms. The Balaban J connectivity index is 3.76. The Kier molecular flexibility index (Phi) is 5.66. The van der Waals surface area contributed by atoms with E-state index in [2.05, 4.69) is 35.9 Å². The van der Waals surface area contributed by atoms with Gasteiger partial charge in [0, 0.05) is 0 Å². The van der Waals surface area contributed by atoms with Crippen molar-refractivity contribution in [3.8, 4) is 0 Å². The van der Waals surface area contributed by atoms with Crippen molar-refractivity contribution in [2.45, 2.75) is 33.1 Å². The summed E-state index contributed by atoms with van der Waals surface area (Å²) in [5.41, 5.74) is 2.85. The minimum atomic E-state index is 1.10. The molecule has 0 aromatic rings. The number of hydrogen-bond donors (Lipinski definition) is 0. The van der Waals surface area contributed by atoms with E-state index in [0.717, 1.165) is 19.3 Å². The van der Waals surface area contributed by atoms with E-state index in [1.807, 2.05) is 0 Å². The second kappa shape index (κ2) is 5.70. The number of hydrogen-bond acceptors (Lipinski definition) is 0. The van der Waals surface area contributed by atoms with Gasteiger partial charge in [0.15, 0.2) is 0 Å². The van der Waals surface area contributed by atoms with Crippen LogP contribution in [-0.2, 0) is 0 Å². The zero-order valence-corrected chi connectivity index (χ0v) is 7.41. The molecule has 0 nitrogen and oxygen atoms in total. The fourth-order valence-electron chi connectivity index (χ4n) is 0.877. The summed E-state index contributed by atoms with van der Waals surface area (Å²) in [7, 11) is 6.07. The average molecular weight is 132 g/mol. The van der Waals surface area contributed by atoms with Crippen LogP contribution in [0.4, 0.5) is 0 Å². The van der Waals surface area contributed by atoms with Crippen LogP contribution in [0.1, 0.15) is 33.1 Å². The quantitative estimate of drug-likeness (QED) is 0.460. The molecule has 0 saturated carbocycles. The normalized spacial score (nSPS) is 10.7. The number of rotatable bonds is 4. The van der Waals surface area contributed by atoms with E-state index in [4.69, 9.17) is 0 Å². The van der Waals surface area contributed by atoms with Gasteiger partial charge in [-0.05, 0) is 0 Å². The molecule has 0 unspecified atom stereocenters. The third-order valence-corrected chi connectivity index (χ3v) is 1.84. The van der Waals surface area contributed by atoms with Crippen molar-refractivity contribution in [3.05, 3.63) is 0 Å². The van der Waals surface area contributed by atoms with Gasteiger partial charge in [0.25, 0.3) is 0 Å². The summed E-state index contributed by atoms with van der Waals surface area (Å²) in [4.78, 5) is 0. The topological polar surface area (TPSA) is 0 Å². The standard InChI is InChI=1S/C7H15B3/c1-3-6(8)5-7(4-2)10-9/h8H,3-5,9H2,1-2H3. The average Bonchev–Trinajstić information content (AvgIpc) is 1.99. The van der Waals surface area contributed by atoms with Gasteiger partial charge in [0.2, 0.25) is 0 Å². The summed E-state index contributed by atoms with van der Waals surface area (Å²) >= 11 is 0. The molecule has 3 heteroatoms. The maximum absolute atomic E-state index is 3.97. The third kappa shape index (κ3) is 3.87. The van der Waals surface area contributed by atoms with E-state index in [-0.39, 0.29) is 0 Å². The first-order chi connectivity index (χ1) is 4.74. The van der Waals surface area contributed by atoms with Crippen LogP contribution in [0.25, 0.3) is 0 Å². The zero-order chi connectivity index (χ0) is 7.98. The molecule has 0 atom stereocenters. The summed E-state index contributed by atoms with van der Waals surface area (Å²) < 4.78 is 0. The van der Waals surface area contributed by atoms with Gasteiger partial charge in [-0.25, -0.2) is 0 Å². The third-order valence-electron chi connectivity index (χ3n) is 1.84. The van der Waals surface area contributed by atoms with Crippen molar-refractivity contribution in [1.82, 2.24) is 0 Å². The molecule has 0 amide bonds. The van der Waals surface area contributed by atoms with Crippen LogP contribution < -0.4 is 0 Å². The molecule has 0 aromatic heterocycles. The van der Waals surface area contributed by atoms with E-state index in [0.29, 0.717) is 0 Å². The van der Waals surface area contributed by atoms with Crippen LogP contribution in [0.2, 0.25) is 0 Å². The molecular weight excluding hydrogens is 117 g/mol. The van der Waals surface area contributed by atoms with Gasteiger partial charge in [0.1, 0.15) is 0 Å². The molecule has 0 fully saturated rings. The van der Waals surface area contributed by atoms with Crippen LogP contribution in [0.5, 0.6) is 0 Å². The van der Waals surface area contributed by atoms with E-state index in [1.54, 1.807) is 0 Å². The van der Waals surface area contributed by atoms with Crippen LogP contribution in [-0.4, -0.2) is 33.0 Å². The zero-order valence-electron chi connectivity index (χ0n) is 7.41. The minimum absolute atomic E-state index is 1.10. The SMILES string of the molecule is B=C(CC)C/C(=B/B)CC. The van der Waals surface area contributed by atoms with Crippen LogP contribution >= 0.6 is 0 Å². The van der Waals surface area contributed by atoms with Gasteiger partial charge < -0.3 is 0 Å². The molecule has 0 aliphatic heterocycles. The molecule has 0 N–H and O–H groups in total. The summed E-state index contributed by atoms with van der Waals surface area (Å²) in [6.07, 6.45) is 3.37. The molecule has 0 rings (SSSR count).